The summed E-state index contributed by atoms with van der Waals surface area (Å²) < 4.78 is 23.3. The zero-order valence-corrected chi connectivity index (χ0v) is 13.2. The average molecular weight is 296 g/mol. The Morgan fingerprint density at radius 3 is 2.75 bits per heavy atom. The molecule has 112 valence electrons. The van der Waals surface area contributed by atoms with Gasteiger partial charge in [-0.2, -0.15) is 0 Å². The van der Waals surface area contributed by atoms with E-state index in [9.17, 15) is 8.42 Å². The normalized spacial score (nSPS) is 18.8. The number of hydrogen-bond acceptors (Lipinski definition) is 4. The second-order valence-electron chi connectivity index (χ2n) is 5.38. The molecular formula is C15H24N2O2S. The second-order valence-corrected chi connectivity index (χ2v) is 7.69. The van der Waals surface area contributed by atoms with Crippen LogP contribution in [0.15, 0.2) is 18.2 Å². The van der Waals surface area contributed by atoms with E-state index in [0.717, 1.165) is 31.7 Å². The van der Waals surface area contributed by atoms with Gasteiger partial charge in [0.05, 0.1) is 11.5 Å². The van der Waals surface area contributed by atoms with Gasteiger partial charge in [0.1, 0.15) is 0 Å². The molecule has 0 unspecified atom stereocenters. The Kier molecular flexibility index (Phi) is 5.05. The van der Waals surface area contributed by atoms with Gasteiger partial charge in [-0.05, 0) is 43.1 Å². The lowest BCUT2D eigenvalue weighted by atomic mass is 10.1. The molecule has 0 atom stereocenters. The average Bonchev–Trinajstić information content (AvgIpc) is 2.58. The first-order valence-electron chi connectivity index (χ1n) is 7.27. The molecule has 0 bridgehead atoms. The molecule has 1 N–H and O–H groups in total. The third-order valence-electron chi connectivity index (χ3n) is 3.81. The zero-order valence-electron chi connectivity index (χ0n) is 12.4. The Balaban J connectivity index is 2.11. The molecule has 0 saturated carbocycles. The minimum absolute atomic E-state index is 0.269. The van der Waals surface area contributed by atoms with Crippen LogP contribution in [0.5, 0.6) is 0 Å². The molecule has 1 saturated heterocycles. The van der Waals surface area contributed by atoms with Gasteiger partial charge in [-0.15, -0.1) is 0 Å². The van der Waals surface area contributed by atoms with Gasteiger partial charge in [0, 0.05) is 25.3 Å². The molecule has 1 aromatic rings. The molecule has 0 spiro atoms. The van der Waals surface area contributed by atoms with E-state index in [-0.39, 0.29) is 5.75 Å². The van der Waals surface area contributed by atoms with Gasteiger partial charge in [0.25, 0.3) is 0 Å². The molecule has 1 aromatic carbocycles. The number of nitrogens with one attached hydrogen (secondary N) is 1. The topological polar surface area (TPSA) is 49.4 Å². The van der Waals surface area contributed by atoms with E-state index in [4.69, 9.17) is 0 Å². The minimum Gasteiger partial charge on any atom is -0.370 e. The fraction of sp³-hybridized carbons (Fsp3) is 0.600. The van der Waals surface area contributed by atoms with Crippen LogP contribution in [0.25, 0.3) is 0 Å². The molecule has 2 rings (SSSR count). The number of nitrogens with zero attached hydrogens (tertiary/aromatic N) is 1. The van der Waals surface area contributed by atoms with Gasteiger partial charge in [0.15, 0.2) is 9.84 Å². The van der Waals surface area contributed by atoms with E-state index in [1.807, 2.05) is 0 Å². The lowest BCUT2D eigenvalue weighted by molar-refractivity contribution is 0.597. The van der Waals surface area contributed by atoms with Crippen LogP contribution in [0.1, 0.15) is 24.5 Å². The highest BCUT2D eigenvalue weighted by molar-refractivity contribution is 7.91. The molecule has 5 heteroatoms. The number of benzene rings is 1. The van der Waals surface area contributed by atoms with Crippen LogP contribution in [0, 0.1) is 6.92 Å². The van der Waals surface area contributed by atoms with Crippen molar-refractivity contribution < 1.29 is 8.42 Å². The van der Waals surface area contributed by atoms with Crippen molar-refractivity contribution in [2.75, 3.05) is 36.0 Å². The summed E-state index contributed by atoms with van der Waals surface area (Å²) in [6.45, 7) is 7.49. The van der Waals surface area contributed by atoms with E-state index in [1.54, 1.807) is 0 Å². The van der Waals surface area contributed by atoms with Gasteiger partial charge in [-0.1, -0.05) is 13.0 Å². The van der Waals surface area contributed by atoms with Crippen LogP contribution < -0.4 is 10.2 Å². The van der Waals surface area contributed by atoms with Gasteiger partial charge in [0.2, 0.25) is 0 Å². The maximum absolute atomic E-state index is 11.7. The van der Waals surface area contributed by atoms with E-state index in [1.165, 1.54) is 11.1 Å². The maximum atomic E-state index is 11.7. The zero-order chi connectivity index (χ0) is 14.6. The van der Waals surface area contributed by atoms with E-state index >= 15 is 0 Å². The largest absolute Gasteiger partial charge is 0.370 e. The smallest absolute Gasteiger partial charge is 0.152 e. The third-order valence-corrected chi connectivity index (χ3v) is 5.53. The lowest BCUT2D eigenvalue weighted by Gasteiger charge is -2.23. The van der Waals surface area contributed by atoms with Crippen molar-refractivity contribution in [2.24, 2.45) is 0 Å². The number of anilines is 1. The van der Waals surface area contributed by atoms with Crippen molar-refractivity contribution in [1.82, 2.24) is 5.32 Å². The highest BCUT2D eigenvalue weighted by Gasteiger charge is 2.19. The molecule has 1 aliphatic rings. The van der Waals surface area contributed by atoms with Crippen LogP contribution in [0.3, 0.4) is 0 Å². The fourth-order valence-electron chi connectivity index (χ4n) is 2.53. The first kappa shape index (κ1) is 15.3. The van der Waals surface area contributed by atoms with Gasteiger partial charge < -0.3 is 10.2 Å². The summed E-state index contributed by atoms with van der Waals surface area (Å²) in [6.07, 6.45) is 0.723. The summed E-state index contributed by atoms with van der Waals surface area (Å²) in [5.41, 5.74) is 3.70. The fourth-order valence-corrected chi connectivity index (χ4v) is 3.80. The molecule has 1 heterocycles. The van der Waals surface area contributed by atoms with Crippen LogP contribution >= 0.6 is 0 Å². The van der Waals surface area contributed by atoms with Gasteiger partial charge in [-0.25, -0.2) is 8.42 Å². The molecule has 20 heavy (non-hydrogen) atoms. The van der Waals surface area contributed by atoms with Crippen molar-refractivity contribution in [1.29, 1.82) is 0 Å². The number of aryl methyl sites for hydroxylation is 1. The summed E-state index contributed by atoms with van der Waals surface area (Å²) in [7, 11) is -2.84. The lowest BCUT2D eigenvalue weighted by Crippen LogP contribution is -2.26. The molecule has 1 fully saturated rings. The minimum atomic E-state index is -2.84. The van der Waals surface area contributed by atoms with Crippen molar-refractivity contribution in [3.63, 3.8) is 0 Å². The molecule has 0 amide bonds. The van der Waals surface area contributed by atoms with Crippen molar-refractivity contribution >= 4 is 15.5 Å². The van der Waals surface area contributed by atoms with Crippen molar-refractivity contribution in [3.8, 4) is 0 Å². The van der Waals surface area contributed by atoms with Crippen molar-refractivity contribution in [2.45, 2.75) is 26.8 Å². The first-order valence-corrected chi connectivity index (χ1v) is 9.09. The number of sulfone groups is 1. The van der Waals surface area contributed by atoms with Crippen LogP contribution in [-0.4, -0.2) is 39.6 Å². The van der Waals surface area contributed by atoms with Crippen LogP contribution in [0.4, 0.5) is 5.69 Å². The third kappa shape index (κ3) is 3.96. The van der Waals surface area contributed by atoms with Crippen LogP contribution in [0.2, 0.25) is 0 Å². The standard InChI is InChI=1S/C15H24N2O2S/c1-3-16-12-14-5-6-15(11-13(14)2)17-7-4-9-20(18,19)10-8-17/h5-6,11,16H,3-4,7-10,12H2,1-2H3. The summed E-state index contributed by atoms with van der Waals surface area (Å²) in [4.78, 5) is 2.19. The predicted octanol–water partition coefficient (Wildman–Crippen LogP) is 1.73. The molecule has 1 aliphatic heterocycles. The quantitative estimate of drug-likeness (QED) is 0.919. The summed E-state index contributed by atoms with van der Waals surface area (Å²) >= 11 is 0. The Morgan fingerprint density at radius 1 is 1.25 bits per heavy atom. The second kappa shape index (κ2) is 6.59. The maximum Gasteiger partial charge on any atom is 0.152 e. The molecule has 0 radical (unpaired) electrons. The molecule has 4 nitrogen and oxygen atoms in total. The molecule has 0 aliphatic carbocycles. The SMILES string of the molecule is CCNCc1ccc(N2CCCS(=O)(=O)CC2)cc1C. The first-order chi connectivity index (χ1) is 9.52. The monoisotopic (exact) mass is 296 g/mol. The van der Waals surface area contributed by atoms with Gasteiger partial charge in [-0.3, -0.25) is 0 Å². The van der Waals surface area contributed by atoms with E-state index in [0.29, 0.717) is 12.3 Å². The molecular weight excluding hydrogens is 272 g/mol. The number of rotatable bonds is 4. The summed E-state index contributed by atoms with van der Waals surface area (Å²) in [6, 6.07) is 6.43. The van der Waals surface area contributed by atoms with Gasteiger partial charge >= 0.3 is 0 Å². The predicted molar refractivity (Wildman–Crippen MR) is 84.0 cm³/mol. The van der Waals surface area contributed by atoms with Crippen molar-refractivity contribution in [3.05, 3.63) is 29.3 Å². The van der Waals surface area contributed by atoms with E-state index in [2.05, 4.69) is 42.3 Å². The van der Waals surface area contributed by atoms with Crippen LogP contribution in [-0.2, 0) is 16.4 Å². The summed E-state index contributed by atoms with van der Waals surface area (Å²) in [5, 5.41) is 3.33. The Hall–Kier alpha value is -1.07. The Labute approximate surface area is 122 Å². The number of hydrogen-bond donors (Lipinski definition) is 1. The molecule has 0 aromatic heterocycles. The highest BCUT2D eigenvalue weighted by atomic mass is 32.2. The highest BCUT2D eigenvalue weighted by Crippen LogP contribution is 2.21. The Morgan fingerprint density at radius 2 is 2.05 bits per heavy atom. The summed E-state index contributed by atoms with van der Waals surface area (Å²) in [5.74, 6) is 0.589. The van der Waals surface area contributed by atoms with E-state index < -0.39 is 9.84 Å². The Bertz CT molecular complexity index is 555.